The second-order valence-corrected chi connectivity index (χ2v) is 15.1. The van der Waals surface area contributed by atoms with Crippen LogP contribution < -0.4 is 4.74 Å². The number of hydrogen-bond donors (Lipinski definition) is 1. The van der Waals surface area contributed by atoms with Crippen LogP contribution in [0.4, 0.5) is 4.39 Å². The summed E-state index contributed by atoms with van der Waals surface area (Å²) in [6, 6.07) is 16.8. The van der Waals surface area contributed by atoms with Crippen molar-refractivity contribution in [2.75, 3.05) is 6.61 Å². The topological polar surface area (TPSA) is 82.2 Å². The fourth-order valence-corrected chi connectivity index (χ4v) is 9.29. The van der Waals surface area contributed by atoms with Crippen molar-refractivity contribution in [1.29, 1.82) is 0 Å². The van der Waals surface area contributed by atoms with Gasteiger partial charge in [0, 0.05) is 69.5 Å². The van der Waals surface area contributed by atoms with E-state index in [0.717, 1.165) is 97.5 Å². The lowest BCUT2D eigenvalue weighted by Gasteiger charge is -2.12. The average molecular weight is 713 g/mol. The summed E-state index contributed by atoms with van der Waals surface area (Å²) in [5.41, 5.74) is 8.04. The van der Waals surface area contributed by atoms with Crippen molar-refractivity contribution in [3.63, 3.8) is 0 Å². The number of nitrogens with zero attached hydrogens (tertiary/aromatic N) is 4. The van der Waals surface area contributed by atoms with Crippen LogP contribution in [0.5, 0.6) is 5.75 Å². The third kappa shape index (κ3) is 6.08. The van der Waals surface area contributed by atoms with Gasteiger partial charge in [0.25, 0.3) is 0 Å². The van der Waals surface area contributed by atoms with Crippen LogP contribution in [0.3, 0.4) is 0 Å². The zero-order valence-electron chi connectivity index (χ0n) is 27.0. The van der Waals surface area contributed by atoms with Gasteiger partial charge in [0.1, 0.15) is 17.3 Å². The quantitative estimate of drug-likeness (QED) is 0.182. The van der Waals surface area contributed by atoms with Gasteiger partial charge in [0.2, 0.25) is 0 Å². The van der Waals surface area contributed by atoms with Gasteiger partial charge in [-0.25, -0.2) is 9.18 Å². The molecule has 3 aliphatic rings. The fourth-order valence-electron chi connectivity index (χ4n) is 7.26. The van der Waals surface area contributed by atoms with Crippen LogP contribution in [0.15, 0.2) is 65.7 Å². The molecule has 0 atom stereocenters. The first-order chi connectivity index (χ1) is 23.9. The molecule has 6 heterocycles. The number of thioether (sulfide) groups is 2. The van der Waals surface area contributed by atoms with E-state index in [1.807, 2.05) is 37.5 Å². The molecule has 3 aromatic carbocycles. The maximum atomic E-state index is 14.2. The molecule has 0 saturated carbocycles. The number of carboxylic acids is 1. The van der Waals surface area contributed by atoms with E-state index in [4.69, 9.17) is 26.4 Å². The van der Waals surface area contributed by atoms with Gasteiger partial charge in [-0.3, -0.25) is 9.67 Å². The molecule has 7 nitrogen and oxygen atoms in total. The van der Waals surface area contributed by atoms with Gasteiger partial charge >= 0.3 is 5.97 Å². The first-order valence-corrected chi connectivity index (χ1v) is 19.0. The Labute approximate surface area is 296 Å². The number of fused-ring (bicyclic) bond motifs is 11. The van der Waals surface area contributed by atoms with Gasteiger partial charge < -0.3 is 14.4 Å². The minimum atomic E-state index is -0.961. The standard InChI is InChI=1S/C38H34ClFN4O3S2/c1-43-36-29-11-12-30(39)34(36)35-31(42-44-13-4-6-32(35)44)21-48-19-22-7-9-25(41-18-22)20-49-26-16-23-15-24(40)8-10-27(23)33(17-26)47-14-3-2-5-28(29)37(43)38(45)46/h7-12,15-18H,2-6,13-14,19-21H2,1H3,(H,45,46). The highest BCUT2D eigenvalue weighted by Crippen LogP contribution is 2.44. The molecule has 250 valence electrons. The van der Waals surface area contributed by atoms with Crippen LogP contribution in [-0.4, -0.2) is 37.0 Å². The third-order valence-corrected chi connectivity index (χ3v) is 11.8. The van der Waals surface area contributed by atoms with Gasteiger partial charge in [-0.05, 0) is 91.1 Å². The molecule has 49 heavy (non-hydrogen) atoms. The van der Waals surface area contributed by atoms with Gasteiger partial charge in [0.15, 0.2) is 0 Å². The summed E-state index contributed by atoms with van der Waals surface area (Å²) < 4.78 is 24.5. The number of halogens is 2. The molecule has 0 aliphatic carbocycles. The summed E-state index contributed by atoms with van der Waals surface area (Å²) in [7, 11) is 1.83. The lowest BCUT2D eigenvalue weighted by atomic mass is 9.97. The summed E-state index contributed by atoms with van der Waals surface area (Å²) in [5.74, 6) is 1.59. The number of hydrogen-bond acceptors (Lipinski definition) is 6. The van der Waals surface area contributed by atoms with Crippen molar-refractivity contribution >= 4 is 62.8 Å². The number of aryl methyl sites for hydroxylation is 3. The molecule has 8 bridgehead atoms. The van der Waals surface area contributed by atoms with E-state index < -0.39 is 5.97 Å². The smallest absolute Gasteiger partial charge is 0.352 e. The van der Waals surface area contributed by atoms with Gasteiger partial charge in [-0.1, -0.05) is 23.7 Å². The Morgan fingerprint density at radius 1 is 0.980 bits per heavy atom. The van der Waals surface area contributed by atoms with Crippen molar-refractivity contribution in [3.05, 3.63) is 106 Å². The Hall–Kier alpha value is -3.99. The van der Waals surface area contributed by atoms with Crippen LogP contribution >= 0.6 is 35.1 Å². The first-order valence-electron chi connectivity index (χ1n) is 16.5. The minimum Gasteiger partial charge on any atom is -0.493 e. The zero-order valence-corrected chi connectivity index (χ0v) is 29.4. The number of rotatable bonds is 1. The lowest BCUT2D eigenvalue weighted by molar-refractivity contribution is 0.0685. The number of ether oxygens (including phenoxy) is 1. The lowest BCUT2D eigenvalue weighted by Crippen LogP contribution is -2.08. The summed E-state index contributed by atoms with van der Waals surface area (Å²) >= 11 is 10.5. The number of benzene rings is 3. The Balaban J connectivity index is 1.21. The van der Waals surface area contributed by atoms with Crippen LogP contribution in [-0.2, 0) is 43.7 Å². The predicted molar refractivity (Wildman–Crippen MR) is 196 cm³/mol. The molecule has 3 aromatic heterocycles. The van der Waals surface area contributed by atoms with Crippen molar-refractivity contribution in [2.45, 2.75) is 60.8 Å². The Morgan fingerprint density at radius 2 is 1.86 bits per heavy atom. The monoisotopic (exact) mass is 712 g/mol. The molecule has 3 aliphatic heterocycles. The average Bonchev–Trinajstić information content (AvgIpc) is 3.75. The van der Waals surface area contributed by atoms with Crippen molar-refractivity contribution in [3.8, 4) is 16.9 Å². The summed E-state index contributed by atoms with van der Waals surface area (Å²) in [4.78, 5) is 18.5. The molecule has 0 fully saturated rings. The van der Waals surface area contributed by atoms with Gasteiger partial charge in [-0.2, -0.15) is 16.9 Å². The number of carboxylic acid groups (broad SMARTS) is 1. The highest BCUT2D eigenvalue weighted by molar-refractivity contribution is 7.98. The second kappa shape index (κ2) is 13.4. The predicted octanol–water partition coefficient (Wildman–Crippen LogP) is 9.47. The van der Waals surface area contributed by atoms with Crippen LogP contribution in [0.1, 0.15) is 58.0 Å². The van der Waals surface area contributed by atoms with Crippen molar-refractivity contribution in [2.24, 2.45) is 7.05 Å². The van der Waals surface area contributed by atoms with E-state index >= 15 is 0 Å². The summed E-state index contributed by atoms with van der Waals surface area (Å²) in [5, 5.41) is 18.7. The van der Waals surface area contributed by atoms with Crippen LogP contribution in [0.2, 0.25) is 5.02 Å². The molecular weight excluding hydrogens is 679 g/mol. The highest BCUT2D eigenvalue weighted by Gasteiger charge is 2.29. The molecule has 0 radical (unpaired) electrons. The maximum Gasteiger partial charge on any atom is 0.352 e. The molecule has 0 spiro atoms. The van der Waals surface area contributed by atoms with Crippen molar-refractivity contribution < 1.29 is 19.0 Å². The number of aromatic nitrogens is 4. The van der Waals surface area contributed by atoms with Crippen LogP contribution in [0.25, 0.3) is 32.8 Å². The largest absolute Gasteiger partial charge is 0.493 e. The highest BCUT2D eigenvalue weighted by atomic mass is 35.5. The Morgan fingerprint density at radius 3 is 2.69 bits per heavy atom. The van der Waals surface area contributed by atoms with E-state index in [0.29, 0.717) is 41.7 Å². The molecule has 6 aromatic rings. The maximum absolute atomic E-state index is 14.2. The Kier molecular flexibility index (Phi) is 8.80. The summed E-state index contributed by atoms with van der Waals surface area (Å²) in [6.07, 6.45) is 5.87. The van der Waals surface area contributed by atoms with Crippen LogP contribution in [0, 0.1) is 5.82 Å². The van der Waals surface area contributed by atoms with E-state index in [2.05, 4.69) is 16.8 Å². The molecule has 1 N–H and O–H groups in total. The molecule has 0 saturated heterocycles. The molecule has 9 rings (SSSR count). The van der Waals surface area contributed by atoms with Gasteiger partial charge in [0.05, 0.1) is 28.5 Å². The molecule has 11 heteroatoms. The minimum absolute atomic E-state index is 0.280. The SMILES string of the molecule is Cn1c(C(=O)O)c2c3ccc(Cl)c(c31)-c1c(nn3c1CCC3)CSCc1ccc(nc1)CSc1cc(c3ccc(F)cc3c1)OCCCC2. The van der Waals surface area contributed by atoms with E-state index in [1.54, 1.807) is 40.2 Å². The second-order valence-electron chi connectivity index (χ2n) is 12.6. The first kappa shape index (κ1) is 32.2. The number of aromatic carboxylic acids is 1. The van der Waals surface area contributed by atoms with Crippen molar-refractivity contribution in [1.82, 2.24) is 19.3 Å². The molecule has 0 amide bonds. The molecule has 0 unspecified atom stereocenters. The van der Waals surface area contributed by atoms with E-state index in [9.17, 15) is 14.3 Å². The van der Waals surface area contributed by atoms with E-state index in [-0.39, 0.29) is 11.5 Å². The van der Waals surface area contributed by atoms with E-state index in [1.165, 1.54) is 6.07 Å². The Bertz CT molecular complexity index is 2250. The number of pyridine rings is 1. The number of carbonyl (C=O) groups is 1. The molecular formula is C38H34ClFN4O3S2. The fraction of sp³-hybridized carbons (Fsp3) is 0.289. The zero-order chi connectivity index (χ0) is 33.6. The van der Waals surface area contributed by atoms with Gasteiger partial charge in [-0.15, -0.1) is 11.8 Å². The summed E-state index contributed by atoms with van der Waals surface area (Å²) in [6.45, 7) is 1.30. The third-order valence-electron chi connectivity index (χ3n) is 9.48. The normalized spacial score (nSPS) is 15.4.